The summed E-state index contributed by atoms with van der Waals surface area (Å²) in [4.78, 5) is 48.3. The summed E-state index contributed by atoms with van der Waals surface area (Å²) in [5, 5.41) is 18.1. The van der Waals surface area contributed by atoms with Crippen LogP contribution >= 0.6 is 0 Å². The van der Waals surface area contributed by atoms with Crippen molar-refractivity contribution < 1.29 is 19.2 Å². The predicted octanol–water partition coefficient (Wildman–Crippen LogP) is 10.7. The standard InChI is InChI=1S/C50H100N6O4/c1-3-5-7-9-11-13-15-17-19-21-23-25-27-29-31-37-47(57)55-45-49(59)53-43-35-41-51-39-33-34-40-52-42-36-44-54-50(60)46-56-48(58)38-32-30-28-26-24-22-20-18-16-14-12-10-8-6-4-2/h51-52H,3-46H2,1-2H3,(H,53,59)(H,54,60)(H,55,57)(H,56,58). The first kappa shape index (κ1) is 57.8. The first-order chi connectivity index (χ1) is 29.5. The first-order valence-corrected chi connectivity index (χ1v) is 26.0. The van der Waals surface area contributed by atoms with Gasteiger partial charge in [0.15, 0.2) is 0 Å². The lowest BCUT2D eigenvalue weighted by Crippen LogP contribution is -2.37. The molecule has 6 N–H and O–H groups in total. The number of unbranched alkanes of at least 4 members (excludes halogenated alkanes) is 29. The lowest BCUT2D eigenvalue weighted by atomic mass is 10.0. The van der Waals surface area contributed by atoms with Crippen LogP contribution in [0.4, 0.5) is 0 Å². The van der Waals surface area contributed by atoms with E-state index in [0.717, 1.165) is 77.5 Å². The zero-order valence-corrected chi connectivity index (χ0v) is 39.7. The Kier molecular flexibility index (Phi) is 47.6. The molecule has 0 aliphatic rings. The zero-order chi connectivity index (χ0) is 43.7. The maximum absolute atomic E-state index is 12.1. The second kappa shape index (κ2) is 49.5. The van der Waals surface area contributed by atoms with Crippen LogP contribution in [0.25, 0.3) is 0 Å². The Bertz CT molecular complexity index is 878. The monoisotopic (exact) mass is 849 g/mol. The Morgan fingerprint density at radius 3 is 0.783 bits per heavy atom. The summed E-state index contributed by atoms with van der Waals surface area (Å²) in [6, 6.07) is 0. The van der Waals surface area contributed by atoms with Crippen LogP contribution < -0.4 is 31.9 Å². The molecule has 0 aromatic carbocycles. The van der Waals surface area contributed by atoms with Gasteiger partial charge in [-0.1, -0.05) is 194 Å². The van der Waals surface area contributed by atoms with Crippen LogP contribution in [-0.2, 0) is 19.2 Å². The maximum atomic E-state index is 12.1. The van der Waals surface area contributed by atoms with Crippen LogP contribution in [0.2, 0.25) is 0 Å². The van der Waals surface area contributed by atoms with Crippen molar-refractivity contribution in [3.05, 3.63) is 0 Å². The van der Waals surface area contributed by atoms with E-state index in [1.54, 1.807) is 0 Å². The average molecular weight is 849 g/mol. The summed E-state index contributed by atoms with van der Waals surface area (Å²) in [6.07, 6.45) is 44.1. The van der Waals surface area contributed by atoms with Gasteiger partial charge in [-0.2, -0.15) is 0 Å². The minimum absolute atomic E-state index is 0.0276. The van der Waals surface area contributed by atoms with Crippen LogP contribution in [0.5, 0.6) is 0 Å². The van der Waals surface area contributed by atoms with Crippen molar-refractivity contribution in [1.82, 2.24) is 31.9 Å². The van der Waals surface area contributed by atoms with E-state index >= 15 is 0 Å². The average Bonchev–Trinajstić information content (AvgIpc) is 3.24. The zero-order valence-electron chi connectivity index (χ0n) is 39.7. The summed E-state index contributed by atoms with van der Waals surface area (Å²) in [5.41, 5.74) is 0. The summed E-state index contributed by atoms with van der Waals surface area (Å²) in [7, 11) is 0. The normalized spacial score (nSPS) is 11.2. The van der Waals surface area contributed by atoms with Gasteiger partial charge in [0.05, 0.1) is 13.1 Å². The third kappa shape index (κ3) is 48.5. The molecule has 0 unspecified atom stereocenters. The van der Waals surface area contributed by atoms with Gasteiger partial charge in [0.1, 0.15) is 0 Å². The highest BCUT2D eigenvalue weighted by Crippen LogP contribution is 2.15. The summed E-state index contributed by atoms with van der Waals surface area (Å²) >= 11 is 0. The van der Waals surface area contributed by atoms with Crippen molar-refractivity contribution in [3.8, 4) is 0 Å². The largest absolute Gasteiger partial charge is 0.355 e. The Morgan fingerprint density at radius 2 is 0.500 bits per heavy atom. The van der Waals surface area contributed by atoms with E-state index in [-0.39, 0.29) is 36.7 Å². The topological polar surface area (TPSA) is 140 Å². The molecule has 0 bridgehead atoms. The Morgan fingerprint density at radius 1 is 0.250 bits per heavy atom. The Labute approximate surface area is 371 Å². The third-order valence-electron chi connectivity index (χ3n) is 11.6. The number of nitrogens with one attached hydrogen (secondary N) is 6. The van der Waals surface area contributed by atoms with Crippen molar-refractivity contribution in [2.45, 2.75) is 245 Å². The lowest BCUT2D eigenvalue weighted by molar-refractivity contribution is -0.126. The van der Waals surface area contributed by atoms with Gasteiger partial charge in [-0.15, -0.1) is 0 Å². The van der Waals surface area contributed by atoms with Crippen molar-refractivity contribution in [2.75, 3.05) is 52.4 Å². The van der Waals surface area contributed by atoms with Crippen LogP contribution in [-0.4, -0.2) is 76.0 Å². The summed E-state index contributed by atoms with van der Waals surface area (Å²) < 4.78 is 0. The molecule has 0 aliphatic heterocycles. The van der Waals surface area contributed by atoms with Crippen molar-refractivity contribution in [3.63, 3.8) is 0 Å². The minimum Gasteiger partial charge on any atom is -0.355 e. The van der Waals surface area contributed by atoms with Gasteiger partial charge in [0.25, 0.3) is 0 Å². The van der Waals surface area contributed by atoms with E-state index in [2.05, 4.69) is 45.7 Å². The highest BCUT2D eigenvalue weighted by Gasteiger charge is 2.07. The highest BCUT2D eigenvalue weighted by atomic mass is 16.2. The second-order valence-electron chi connectivity index (χ2n) is 17.6. The van der Waals surface area contributed by atoms with E-state index in [4.69, 9.17) is 0 Å². The fourth-order valence-corrected chi connectivity index (χ4v) is 7.61. The molecule has 0 heterocycles. The Balaban J connectivity index is 3.35. The van der Waals surface area contributed by atoms with Gasteiger partial charge in [-0.25, -0.2) is 0 Å². The second-order valence-corrected chi connectivity index (χ2v) is 17.6. The number of rotatable bonds is 49. The molecular weight excluding hydrogens is 749 g/mol. The van der Waals surface area contributed by atoms with Crippen LogP contribution in [0.3, 0.4) is 0 Å². The van der Waals surface area contributed by atoms with Crippen LogP contribution in [0.1, 0.15) is 245 Å². The van der Waals surface area contributed by atoms with Gasteiger partial charge >= 0.3 is 0 Å². The van der Waals surface area contributed by atoms with Crippen LogP contribution in [0, 0.1) is 0 Å². The molecule has 10 heteroatoms. The third-order valence-corrected chi connectivity index (χ3v) is 11.6. The number of carbonyl (C=O) groups excluding carboxylic acids is 4. The molecule has 0 fully saturated rings. The molecule has 0 atom stereocenters. The molecule has 0 radical (unpaired) electrons. The summed E-state index contributed by atoms with van der Waals surface area (Å²) in [6.45, 7) is 9.43. The molecule has 0 saturated heterocycles. The molecule has 0 aromatic heterocycles. The molecular formula is C50H100N6O4. The Hall–Kier alpha value is -2.20. The van der Waals surface area contributed by atoms with Crippen molar-refractivity contribution >= 4 is 23.6 Å². The molecule has 354 valence electrons. The van der Waals surface area contributed by atoms with Gasteiger partial charge in [-0.05, 0) is 64.7 Å². The maximum Gasteiger partial charge on any atom is 0.239 e. The van der Waals surface area contributed by atoms with Gasteiger partial charge < -0.3 is 31.9 Å². The molecule has 0 rings (SSSR count). The summed E-state index contributed by atoms with van der Waals surface area (Å²) in [5.74, 6) is -0.309. The first-order valence-electron chi connectivity index (χ1n) is 26.0. The quantitative estimate of drug-likeness (QED) is 0.0337. The van der Waals surface area contributed by atoms with Crippen molar-refractivity contribution in [2.24, 2.45) is 0 Å². The van der Waals surface area contributed by atoms with E-state index in [0.29, 0.717) is 25.9 Å². The van der Waals surface area contributed by atoms with E-state index in [9.17, 15) is 19.2 Å². The molecule has 0 aromatic rings. The molecule has 4 amide bonds. The van der Waals surface area contributed by atoms with Crippen molar-refractivity contribution in [1.29, 1.82) is 0 Å². The molecule has 0 spiro atoms. The van der Waals surface area contributed by atoms with E-state index < -0.39 is 0 Å². The highest BCUT2D eigenvalue weighted by molar-refractivity contribution is 5.85. The number of amides is 4. The fraction of sp³-hybridized carbons (Fsp3) is 0.920. The minimum atomic E-state index is -0.127. The number of hydrogen-bond donors (Lipinski definition) is 6. The molecule has 0 aliphatic carbocycles. The fourth-order valence-electron chi connectivity index (χ4n) is 7.61. The SMILES string of the molecule is CCCCCCCCCCCCCCCCCC(=O)NCC(=O)NCCCNCCCCNCCCNC(=O)CNC(=O)CCCCCCCCCCCCCCCCC. The van der Waals surface area contributed by atoms with Gasteiger partial charge in [-0.3, -0.25) is 19.2 Å². The molecule has 0 saturated carbocycles. The van der Waals surface area contributed by atoms with E-state index in [1.807, 2.05) is 0 Å². The molecule has 60 heavy (non-hydrogen) atoms. The van der Waals surface area contributed by atoms with Gasteiger partial charge in [0.2, 0.25) is 23.6 Å². The smallest absolute Gasteiger partial charge is 0.239 e. The number of carbonyl (C=O) groups is 4. The predicted molar refractivity (Wildman–Crippen MR) is 255 cm³/mol. The van der Waals surface area contributed by atoms with Crippen LogP contribution in [0.15, 0.2) is 0 Å². The van der Waals surface area contributed by atoms with Gasteiger partial charge in [0, 0.05) is 25.9 Å². The lowest BCUT2D eigenvalue weighted by Gasteiger charge is -2.09. The number of hydrogen-bond acceptors (Lipinski definition) is 6. The molecule has 10 nitrogen and oxygen atoms in total. The van der Waals surface area contributed by atoms with E-state index in [1.165, 1.54) is 167 Å².